The highest BCUT2D eigenvalue weighted by Crippen LogP contribution is 2.32. The average molecular weight is 196 g/mol. The van der Waals surface area contributed by atoms with E-state index in [1.807, 2.05) is 6.08 Å². The van der Waals surface area contributed by atoms with Crippen LogP contribution in [0.25, 0.3) is 0 Å². The van der Waals surface area contributed by atoms with Gasteiger partial charge in [-0.25, -0.2) is 0 Å². The second kappa shape index (κ2) is 4.76. The first kappa shape index (κ1) is 11.5. The number of rotatable bonds is 5. The van der Waals surface area contributed by atoms with Gasteiger partial charge in [-0.05, 0) is 32.3 Å². The van der Waals surface area contributed by atoms with Gasteiger partial charge in [-0.2, -0.15) is 0 Å². The molecule has 0 aromatic carbocycles. The average Bonchev–Trinajstić information content (AvgIpc) is 2.40. The molecule has 0 saturated carbocycles. The van der Waals surface area contributed by atoms with Crippen LogP contribution in [0.2, 0.25) is 0 Å². The summed E-state index contributed by atoms with van der Waals surface area (Å²) in [6, 6.07) is 0. The van der Waals surface area contributed by atoms with E-state index in [-0.39, 0.29) is 11.7 Å². The number of ether oxygens (including phenoxy) is 2. The summed E-state index contributed by atoms with van der Waals surface area (Å²) in [5.74, 6) is 0. The van der Waals surface area contributed by atoms with Crippen LogP contribution in [0.15, 0.2) is 24.3 Å². The fourth-order valence-corrected chi connectivity index (χ4v) is 1.86. The van der Waals surface area contributed by atoms with Crippen LogP contribution in [0.1, 0.15) is 26.7 Å². The van der Waals surface area contributed by atoms with E-state index >= 15 is 0 Å². The summed E-state index contributed by atoms with van der Waals surface area (Å²) in [7, 11) is 1.70. The lowest BCUT2D eigenvalue weighted by Crippen LogP contribution is -2.27. The summed E-state index contributed by atoms with van der Waals surface area (Å²) in [5, 5.41) is 0. The number of methoxy groups -OCH3 is 1. The van der Waals surface area contributed by atoms with Gasteiger partial charge in [-0.3, -0.25) is 0 Å². The third-order valence-corrected chi connectivity index (χ3v) is 2.62. The molecule has 1 rings (SSSR count). The van der Waals surface area contributed by atoms with Gasteiger partial charge in [0, 0.05) is 7.11 Å². The quantitative estimate of drug-likeness (QED) is 0.629. The summed E-state index contributed by atoms with van der Waals surface area (Å²) in [6.07, 6.45) is 6.25. The maximum Gasteiger partial charge on any atom is 0.103 e. The Morgan fingerprint density at radius 1 is 1.71 bits per heavy atom. The molecule has 2 atom stereocenters. The molecule has 1 aliphatic rings. The zero-order valence-corrected chi connectivity index (χ0v) is 9.38. The molecule has 0 aromatic heterocycles. The van der Waals surface area contributed by atoms with E-state index in [2.05, 4.69) is 26.5 Å². The van der Waals surface area contributed by atoms with Gasteiger partial charge in [-0.15, -0.1) is 6.58 Å². The molecule has 0 aromatic rings. The van der Waals surface area contributed by atoms with Gasteiger partial charge in [0.2, 0.25) is 0 Å². The summed E-state index contributed by atoms with van der Waals surface area (Å²) in [4.78, 5) is 0. The van der Waals surface area contributed by atoms with Gasteiger partial charge in [0.25, 0.3) is 0 Å². The minimum atomic E-state index is -0.124. The first-order chi connectivity index (χ1) is 6.61. The van der Waals surface area contributed by atoms with E-state index in [1.165, 1.54) is 5.57 Å². The molecule has 0 radical (unpaired) electrons. The molecule has 0 N–H and O–H groups in total. The van der Waals surface area contributed by atoms with Crippen molar-refractivity contribution in [2.75, 3.05) is 13.7 Å². The molecule has 0 bridgehead atoms. The molecule has 0 amide bonds. The van der Waals surface area contributed by atoms with Gasteiger partial charge in [-0.1, -0.05) is 12.2 Å². The fraction of sp³-hybridized carbons (Fsp3) is 0.667. The number of hydrogen-bond donors (Lipinski definition) is 0. The van der Waals surface area contributed by atoms with Crippen molar-refractivity contribution >= 4 is 0 Å². The van der Waals surface area contributed by atoms with E-state index in [4.69, 9.17) is 9.47 Å². The third-order valence-electron chi connectivity index (χ3n) is 2.62. The Balaban J connectivity index is 2.55. The van der Waals surface area contributed by atoms with Crippen molar-refractivity contribution < 1.29 is 9.47 Å². The first-order valence-corrected chi connectivity index (χ1v) is 5.08. The minimum Gasteiger partial charge on any atom is -0.382 e. The molecule has 0 spiro atoms. The van der Waals surface area contributed by atoms with Gasteiger partial charge in [0.05, 0.1) is 12.2 Å². The van der Waals surface area contributed by atoms with Crippen molar-refractivity contribution in [3.05, 3.63) is 24.3 Å². The standard InChI is InChI=1S/C12H20O2/c1-5-6-7-12(3)8-10(2)11(14-12)9-13-4/h5,8,11H,1,6-7,9H2,2-4H3/t11-,12-/m1/s1. The van der Waals surface area contributed by atoms with Crippen molar-refractivity contribution in [3.8, 4) is 0 Å². The monoisotopic (exact) mass is 196 g/mol. The molecule has 2 nitrogen and oxygen atoms in total. The lowest BCUT2D eigenvalue weighted by Gasteiger charge is -2.24. The van der Waals surface area contributed by atoms with Crippen molar-refractivity contribution in [3.63, 3.8) is 0 Å². The zero-order valence-electron chi connectivity index (χ0n) is 9.38. The summed E-state index contributed by atoms with van der Waals surface area (Å²) < 4.78 is 11.0. The number of allylic oxidation sites excluding steroid dienone is 1. The highest BCUT2D eigenvalue weighted by Gasteiger charge is 2.33. The van der Waals surface area contributed by atoms with Crippen molar-refractivity contribution in [1.82, 2.24) is 0 Å². The molecule has 2 heteroatoms. The van der Waals surface area contributed by atoms with Crippen molar-refractivity contribution in [2.24, 2.45) is 0 Å². The van der Waals surface area contributed by atoms with E-state index in [0.29, 0.717) is 6.61 Å². The second-order valence-electron chi connectivity index (χ2n) is 4.09. The van der Waals surface area contributed by atoms with E-state index in [1.54, 1.807) is 7.11 Å². The molecule has 0 fully saturated rings. The topological polar surface area (TPSA) is 18.5 Å². The smallest absolute Gasteiger partial charge is 0.103 e. The highest BCUT2D eigenvalue weighted by atomic mass is 16.5. The molecule has 0 aliphatic carbocycles. The maximum atomic E-state index is 5.94. The Kier molecular flexibility index (Phi) is 3.90. The molecule has 0 unspecified atom stereocenters. The van der Waals surface area contributed by atoms with Crippen LogP contribution in [0.5, 0.6) is 0 Å². The molecule has 1 heterocycles. The van der Waals surface area contributed by atoms with Crippen LogP contribution in [-0.2, 0) is 9.47 Å². The summed E-state index contributed by atoms with van der Waals surface area (Å²) in [6.45, 7) is 8.59. The molecular formula is C12H20O2. The van der Waals surface area contributed by atoms with E-state index in [9.17, 15) is 0 Å². The number of hydrogen-bond acceptors (Lipinski definition) is 2. The summed E-state index contributed by atoms with van der Waals surface area (Å²) in [5.41, 5.74) is 1.15. The van der Waals surface area contributed by atoms with Gasteiger partial charge in [0.1, 0.15) is 6.10 Å². The zero-order chi connectivity index (χ0) is 10.6. The predicted octanol–water partition coefficient (Wildman–Crippen LogP) is 2.70. The largest absolute Gasteiger partial charge is 0.382 e. The van der Waals surface area contributed by atoms with Gasteiger partial charge in [0.15, 0.2) is 0 Å². The van der Waals surface area contributed by atoms with E-state index in [0.717, 1.165) is 12.8 Å². The van der Waals surface area contributed by atoms with Crippen LogP contribution >= 0.6 is 0 Å². The fourth-order valence-electron chi connectivity index (χ4n) is 1.86. The Morgan fingerprint density at radius 3 is 3.00 bits per heavy atom. The van der Waals surface area contributed by atoms with Crippen LogP contribution < -0.4 is 0 Å². The first-order valence-electron chi connectivity index (χ1n) is 5.08. The lowest BCUT2D eigenvalue weighted by molar-refractivity contribution is -0.0472. The third kappa shape index (κ3) is 2.69. The lowest BCUT2D eigenvalue weighted by atomic mass is 9.99. The van der Waals surface area contributed by atoms with Gasteiger partial charge >= 0.3 is 0 Å². The van der Waals surface area contributed by atoms with Crippen LogP contribution in [0.4, 0.5) is 0 Å². The molecule has 80 valence electrons. The summed E-state index contributed by atoms with van der Waals surface area (Å²) >= 11 is 0. The molecule has 0 saturated heterocycles. The van der Waals surface area contributed by atoms with Crippen LogP contribution in [0, 0.1) is 0 Å². The van der Waals surface area contributed by atoms with E-state index < -0.39 is 0 Å². The van der Waals surface area contributed by atoms with Crippen LogP contribution in [0.3, 0.4) is 0 Å². The maximum absolute atomic E-state index is 5.94. The highest BCUT2D eigenvalue weighted by molar-refractivity contribution is 5.19. The van der Waals surface area contributed by atoms with Crippen molar-refractivity contribution in [2.45, 2.75) is 38.4 Å². The Morgan fingerprint density at radius 2 is 2.43 bits per heavy atom. The predicted molar refractivity (Wildman–Crippen MR) is 58.3 cm³/mol. The van der Waals surface area contributed by atoms with Gasteiger partial charge < -0.3 is 9.47 Å². The Labute approximate surface area is 86.6 Å². The van der Waals surface area contributed by atoms with Crippen LogP contribution in [-0.4, -0.2) is 25.4 Å². The normalized spacial score (nSPS) is 31.6. The second-order valence-corrected chi connectivity index (χ2v) is 4.09. The van der Waals surface area contributed by atoms with Crippen molar-refractivity contribution in [1.29, 1.82) is 0 Å². The minimum absolute atomic E-state index is 0.124. The molecular weight excluding hydrogens is 176 g/mol. The SMILES string of the molecule is C=CCC[C@]1(C)C=C(C)[C@@H](COC)O1. The molecule has 1 aliphatic heterocycles. The molecule has 14 heavy (non-hydrogen) atoms. The Bertz CT molecular complexity index is 232. The Hall–Kier alpha value is -0.600.